The fourth-order valence-corrected chi connectivity index (χ4v) is 2.15. The molecule has 2 N–H and O–H groups in total. The van der Waals surface area contributed by atoms with Crippen LogP contribution in [0.15, 0.2) is 53.3 Å². The summed E-state index contributed by atoms with van der Waals surface area (Å²) in [6.45, 7) is 2.52. The van der Waals surface area contributed by atoms with Gasteiger partial charge in [0.15, 0.2) is 0 Å². The van der Waals surface area contributed by atoms with Crippen molar-refractivity contribution in [1.82, 2.24) is 9.97 Å². The maximum absolute atomic E-state index is 6.11. The number of rotatable bonds is 5. The fourth-order valence-electron chi connectivity index (χ4n) is 1.97. The Hall–Kier alpha value is -2.53. The van der Waals surface area contributed by atoms with E-state index in [9.17, 15) is 0 Å². The van der Waals surface area contributed by atoms with Crippen LogP contribution >= 0.6 is 11.6 Å². The minimum absolute atomic E-state index is 0.509. The smallest absolute Gasteiger partial charge is 0.229 e. The van der Waals surface area contributed by atoms with Gasteiger partial charge in [0, 0.05) is 16.9 Å². The molecule has 0 radical (unpaired) electrons. The molecule has 0 amide bonds. The Morgan fingerprint density at radius 1 is 1.18 bits per heavy atom. The molecule has 2 heterocycles. The van der Waals surface area contributed by atoms with Gasteiger partial charge in [0.25, 0.3) is 0 Å². The molecule has 1 aromatic carbocycles. The molecule has 0 fully saturated rings. The third-order valence-electron chi connectivity index (χ3n) is 3.19. The Morgan fingerprint density at radius 2 is 2.09 bits per heavy atom. The molecule has 112 valence electrons. The van der Waals surface area contributed by atoms with Crippen LogP contribution in [0.2, 0.25) is 5.02 Å². The quantitative estimate of drug-likeness (QED) is 0.731. The number of furan rings is 1. The Labute approximate surface area is 133 Å². The third-order valence-corrected chi connectivity index (χ3v) is 3.60. The first-order chi connectivity index (χ1) is 10.7. The SMILES string of the molecule is Cc1c(Cl)cccc1Nc1nccc(NCc2ccco2)n1. The fraction of sp³-hybridized carbons (Fsp3) is 0.125. The van der Waals surface area contributed by atoms with Crippen LogP contribution in [0.1, 0.15) is 11.3 Å². The van der Waals surface area contributed by atoms with Crippen LogP contribution in [0.4, 0.5) is 17.5 Å². The van der Waals surface area contributed by atoms with E-state index in [2.05, 4.69) is 20.6 Å². The number of anilines is 3. The van der Waals surface area contributed by atoms with Gasteiger partial charge in [0.2, 0.25) is 5.95 Å². The molecule has 0 aliphatic rings. The van der Waals surface area contributed by atoms with Crippen molar-refractivity contribution in [2.24, 2.45) is 0 Å². The summed E-state index contributed by atoms with van der Waals surface area (Å²) in [7, 11) is 0. The summed E-state index contributed by atoms with van der Waals surface area (Å²) in [6.07, 6.45) is 3.34. The minimum Gasteiger partial charge on any atom is -0.467 e. The van der Waals surface area contributed by atoms with Gasteiger partial charge in [-0.3, -0.25) is 0 Å². The lowest BCUT2D eigenvalue weighted by molar-refractivity contribution is 0.518. The van der Waals surface area contributed by atoms with E-state index in [-0.39, 0.29) is 0 Å². The second kappa shape index (κ2) is 6.49. The van der Waals surface area contributed by atoms with Gasteiger partial charge < -0.3 is 15.1 Å². The molecule has 0 bridgehead atoms. The van der Waals surface area contributed by atoms with Crippen LogP contribution in [0.5, 0.6) is 0 Å². The van der Waals surface area contributed by atoms with Crippen molar-refractivity contribution in [1.29, 1.82) is 0 Å². The van der Waals surface area contributed by atoms with E-state index in [0.717, 1.165) is 17.0 Å². The monoisotopic (exact) mass is 314 g/mol. The first-order valence-corrected chi connectivity index (χ1v) is 7.21. The predicted molar refractivity (Wildman–Crippen MR) is 87.5 cm³/mol. The van der Waals surface area contributed by atoms with Gasteiger partial charge in [-0.1, -0.05) is 17.7 Å². The predicted octanol–water partition coefficient (Wildman–Crippen LogP) is 4.39. The van der Waals surface area contributed by atoms with Crippen LogP contribution in [0, 0.1) is 6.92 Å². The van der Waals surface area contributed by atoms with E-state index in [4.69, 9.17) is 16.0 Å². The molecule has 6 heteroatoms. The molecule has 0 atom stereocenters. The summed E-state index contributed by atoms with van der Waals surface area (Å²) in [4.78, 5) is 8.64. The number of hydrogen-bond acceptors (Lipinski definition) is 5. The van der Waals surface area contributed by atoms with E-state index in [1.807, 2.05) is 37.3 Å². The van der Waals surface area contributed by atoms with Gasteiger partial charge in [-0.2, -0.15) is 4.98 Å². The highest BCUT2D eigenvalue weighted by Crippen LogP contribution is 2.25. The van der Waals surface area contributed by atoms with Gasteiger partial charge in [0.1, 0.15) is 11.6 Å². The molecule has 0 unspecified atom stereocenters. The van der Waals surface area contributed by atoms with Gasteiger partial charge in [-0.15, -0.1) is 0 Å². The van der Waals surface area contributed by atoms with Crippen molar-refractivity contribution >= 4 is 29.1 Å². The van der Waals surface area contributed by atoms with Gasteiger partial charge >= 0.3 is 0 Å². The van der Waals surface area contributed by atoms with Crippen molar-refractivity contribution in [3.8, 4) is 0 Å². The maximum atomic E-state index is 6.11. The highest BCUT2D eigenvalue weighted by molar-refractivity contribution is 6.31. The number of halogens is 1. The van der Waals surface area contributed by atoms with E-state index < -0.39 is 0 Å². The first kappa shape index (κ1) is 14.4. The average molecular weight is 315 g/mol. The summed E-state index contributed by atoms with van der Waals surface area (Å²) in [5, 5.41) is 7.07. The molecule has 2 aromatic heterocycles. The summed E-state index contributed by atoms with van der Waals surface area (Å²) < 4.78 is 5.27. The molecule has 0 saturated heterocycles. The van der Waals surface area contributed by atoms with E-state index >= 15 is 0 Å². The highest BCUT2D eigenvalue weighted by Gasteiger charge is 2.05. The van der Waals surface area contributed by atoms with Crippen molar-refractivity contribution < 1.29 is 4.42 Å². The van der Waals surface area contributed by atoms with E-state index in [0.29, 0.717) is 23.3 Å². The summed E-state index contributed by atoms with van der Waals surface area (Å²) in [5.74, 6) is 2.07. The van der Waals surface area contributed by atoms with E-state index in [1.165, 1.54) is 0 Å². The largest absolute Gasteiger partial charge is 0.467 e. The maximum Gasteiger partial charge on any atom is 0.229 e. The summed E-state index contributed by atoms with van der Waals surface area (Å²) in [6, 6.07) is 11.2. The lowest BCUT2D eigenvalue weighted by atomic mass is 10.2. The van der Waals surface area contributed by atoms with Crippen molar-refractivity contribution in [2.75, 3.05) is 10.6 Å². The standard InChI is InChI=1S/C16H15ClN4O/c1-11-13(17)5-2-6-14(11)20-16-18-8-7-15(21-16)19-10-12-4-3-9-22-12/h2-9H,10H2,1H3,(H2,18,19,20,21). The molecule has 0 aliphatic heterocycles. The average Bonchev–Trinajstić information content (AvgIpc) is 3.04. The Balaban J connectivity index is 1.72. The van der Waals surface area contributed by atoms with Gasteiger partial charge in [0.05, 0.1) is 12.8 Å². The van der Waals surface area contributed by atoms with Crippen LogP contribution in [0.3, 0.4) is 0 Å². The summed E-state index contributed by atoms with van der Waals surface area (Å²) in [5.41, 5.74) is 1.84. The number of hydrogen-bond donors (Lipinski definition) is 2. The number of aromatic nitrogens is 2. The molecular formula is C16H15ClN4O. The Bertz CT molecular complexity index is 759. The zero-order valence-electron chi connectivity index (χ0n) is 12.0. The van der Waals surface area contributed by atoms with Gasteiger partial charge in [-0.05, 0) is 42.8 Å². The highest BCUT2D eigenvalue weighted by atomic mass is 35.5. The molecule has 22 heavy (non-hydrogen) atoms. The lowest BCUT2D eigenvalue weighted by Crippen LogP contribution is -2.04. The molecule has 0 spiro atoms. The zero-order chi connectivity index (χ0) is 15.4. The van der Waals surface area contributed by atoms with Gasteiger partial charge in [-0.25, -0.2) is 4.98 Å². The number of benzene rings is 1. The molecule has 3 aromatic rings. The second-order valence-corrected chi connectivity index (χ2v) is 5.14. The topological polar surface area (TPSA) is 63.0 Å². The van der Waals surface area contributed by atoms with Crippen molar-refractivity contribution in [2.45, 2.75) is 13.5 Å². The Kier molecular flexibility index (Phi) is 4.25. The Morgan fingerprint density at radius 3 is 2.91 bits per heavy atom. The number of nitrogens with zero attached hydrogens (tertiary/aromatic N) is 2. The normalized spacial score (nSPS) is 10.5. The van der Waals surface area contributed by atoms with Crippen LogP contribution < -0.4 is 10.6 Å². The molecule has 5 nitrogen and oxygen atoms in total. The first-order valence-electron chi connectivity index (χ1n) is 6.84. The van der Waals surface area contributed by atoms with Crippen LogP contribution in [-0.2, 0) is 6.54 Å². The molecule has 3 rings (SSSR count). The minimum atomic E-state index is 0.509. The molecular weight excluding hydrogens is 300 g/mol. The van der Waals surface area contributed by atoms with Crippen LogP contribution in [0.25, 0.3) is 0 Å². The summed E-state index contributed by atoms with van der Waals surface area (Å²) >= 11 is 6.11. The van der Waals surface area contributed by atoms with Crippen LogP contribution in [-0.4, -0.2) is 9.97 Å². The van der Waals surface area contributed by atoms with Crippen molar-refractivity contribution in [3.05, 3.63) is 65.2 Å². The molecule has 0 saturated carbocycles. The zero-order valence-corrected chi connectivity index (χ0v) is 12.8. The second-order valence-electron chi connectivity index (χ2n) is 4.74. The number of nitrogens with one attached hydrogen (secondary N) is 2. The van der Waals surface area contributed by atoms with Crippen molar-refractivity contribution in [3.63, 3.8) is 0 Å². The lowest BCUT2D eigenvalue weighted by Gasteiger charge is -2.10. The van der Waals surface area contributed by atoms with E-state index in [1.54, 1.807) is 18.5 Å². The molecule has 0 aliphatic carbocycles. The third kappa shape index (κ3) is 3.38.